The van der Waals surface area contributed by atoms with Crippen molar-refractivity contribution in [3.05, 3.63) is 29.3 Å². The molecule has 0 bridgehead atoms. The molecule has 0 amide bonds. The van der Waals surface area contributed by atoms with E-state index in [4.69, 9.17) is 9.47 Å². The van der Waals surface area contributed by atoms with Crippen molar-refractivity contribution >= 4 is 0 Å². The Kier molecular flexibility index (Phi) is 5.44. The predicted octanol–water partition coefficient (Wildman–Crippen LogP) is 3.33. The zero-order chi connectivity index (χ0) is 14.5. The van der Waals surface area contributed by atoms with Crippen molar-refractivity contribution in [2.24, 2.45) is 5.92 Å². The Bertz CT molecular complexity index is 431. The average molecular weight is 277 g/mol. The second-order valence-electron chi connectivity index (χ2n) is 5.83. The number of rotatable bonds is 7. The summed E-state index contributed by atoms with van der Waals surface area (Å²) in [5.74, 6) is 1.51. The minimum atomic E-state index is 0.400. The molecule has 112 valence electrons. The molecule has 3 heteroatoms. The number of nitrogens with one attached hydrogen (secondary N) is 1. The monoisotopic (exact) mass is 277 g/mol. The molecule has 1 N–H and O–H groups in total. The third kappa shape index (κ3) is 3.53. The van der Waals surface area contributed by atoms with Gasteiger partial charge in [0.15, 0.2) is 0 Å². The van der Waals surface area contributed by atoms with Gasteiger partial charge in [0.05, 0.1) is 13.7 Å². The van der Waals surface area contributed by atoms with Gasteiger partial charge in [0.25, 0.3) is 0 Å². The Balaban J connectivity index is 2.08. The Hall–Kier alpha value is -1.06. The highest BCUT2D eigenvalue weighted by atomic mass is 16.5. The van der Waals surface area contributed by atoms with E-state index >= 15 is 0 Å². The number of aryl methyl sites for hydroxylation is 1. The predicted molar refractivity (Wildman–Crippen MR) is 82.3 cm³/mol. The normalized spacial score (nSPS) is 19.1. The number of hydrogen-bond donors (Lipinski definition) is 1. The van der Waals surface area contributed by atoms with Crippen molar-refractivity contribution in [1.29, 1.82) is 0 Å². The van der Waals surface area contributed by atoms with E-state index in [0.717, 1.165) is 31.8 Å². The van der Waals surface area contributed by atoms with Crippen LogP contribution in [0.4, 0.5) is 0 Å². The maximum atomic E-state index is 5.61. The fraction of sp³-hybridized carbons (Fsp3) is 0.647. The molecule has 0 spiro atoms. The van der Waals surface area contributed by atoms with E-state index in [2.05, 4.69) is 37.4 Å². The zero-order valence-corrected chi connectivity index (χ0v) is 13.1. The summed E-state index contributed by atoms with van der Waals surface area (Å²) in [6.45, 7) is 8.10. The third-order valence-electron chi connectivity index (χ3n) is 4.15. The van der Waals surface area contributed by atoms with Crippen LogP contribution in [0.2, 0.25) is 0 Å². The van der Waals surface area contributed by atoms with Crippen molar-refractivity contribution in [1.82, 2.24) is 5.32 Å². The molecule has 0 saturated heterocycles. The van der Waals surface area contributed by atoms with E-state index in [1.807, 2.05) is 6.92 Å². The molecule has 1 aromatic rings. The van der Waals surface area contributed by atoms with Gasteiger partial charge < -0.3 is 14.8 Å². The van der Waals surface area contributed by atoms with E-state index in [0.29, 0.717) is 18.0 Å². The molecule has 0 radical (unpaired) electrons. The van der Waals surface area contributed by atoms with Gasteiger partial charge in [-0.15, -0.1) is 0 Å². The molecule has 2 unspecified atom stereocenters. The molecule has 1 aliphatic rings. The van der Waals surface area contributed by atoms with Gasteiger partial charge in [-0.1, -0.05) is 19.9 Å². The summed E-state index contributed by atoms with van der Waals surface area (Å²) in [4.78, 5) is 0. The van der Waals surface area contributed by atoms with Crippen LogP contribution in [0.5, 0.6) is 5.75 Å². The van der Waals surface area contributed by atoms with Crippen LogP contribution in [-0.4, -0.2) is 26.4 Å². The lowest BCUT2D eigenvalue weighted by Crippen LogP contribution is -2.39. The smallest absolute Gasteiger partial charge is 0.119 e. The summed E-state index contributed by atoms with van der Waals surface area (Å²) >= 11 is 0. The average Bonchev–Trinajstić information content (AvgIpc) is 2.85. The van der Waals surface area contributed by atoms with Crippen LogP contribution in [0.25, 0.3) is 0 Å². The number of methoxy groups -OCH3 is 1. The second kappa shape index (κ2) is 7.09. The molecule has 0 saturated carbocycles. The fourth-order valence-electron chi connectivity index (χ4n) is 2.82. The fourth-order valence-corrected chi connectivity index (χ4v) is 2.82. The lowest BCUT2D eigenvalue weighted by atomic mass is 10.0. The Morgan fingerprint density at radius 2 is 2.15 bits per heavy atom. The summed E-state index contributed by atoms with van der Waals surface area (Å²) in [7, 11) is 1.73. The van der Waals surface area contributed by atoms with Gasteiger partial charge in [-0.05, 0) is 48.9 Å². The van der Waals surface area contributed by atoms with Crippen molar-refractivity contribution < 1.29 is 9.47 Å². The second-order valence-corrected chi connectivity index (χ2v) is 5.83. The summed E-state index contributed by atoms with van der Waals surface area (Å²) in [5.41, 5.74) is 2.84. The van der Waals surface area contributed by atoms with Gasteiger partial charge >= 0.3 is 0 Å². The van der Waals surface area contributed by atoms with E-state index in [-0.39, 0.29) is 0 Å². The molecule has 0 aromatic heterocycles. The number of ether oxygens (including phenoxy) is 2. The van der Waals surface area contributed by atoms with E-state index < -0.39 is 0 Å². The first-order valence-electron chi connectivity index (χ1n) is 7.66. The van der Waals surface area contributed by atoms with Crippen molar-refractivity contribution in [2.45, 2.75) is 45.7 Å². The quantitative estimate of drug-likeness (QED) is 0.829. The van der Waals surface area contributed by atoms with Crippen LogP contribution < -0.4 is 10.1 Å². The maximum Gasteiger partial charge on any atom is 0.119 e. The topological polar surface area (TPSA) is 30.5 Å². The number of benzene rings is 1. The SMILES string of the molecule is CCOCC(NC1CCc2ccc(OC)cc21)C(C)C. The molecule has 0 aliphatic heterocycles. The lowest BCUT2D eigenvalue weighted by Gasteiger charge is -2.26. The van der Waals surface area contributed by atoms with Crippen molar-refractivity contribution in [3.63, 3.8) is 0 Å². The van der Waals surface area contributed by atoms with Gasteiger partial charge in [-0.25, -0.2) is 0 Å². The molecule has 1 aliphatic carbocycles. The van der Waals surface area contributed by atoms with Gasteiger partial charge in [0.1, 0.15) is 5.75 Å². The van der Waals surface area contributed by atoms with Gasteiger partial charge in [0.2, 0.25) is 0 Å². The Morgan fingerprint density at radius 1 is 1.35 bits per heavy atom. The third-order valence-corrected chi connectivity index (χ3v) is 4.15. The zero-order valence-electron chi connectivity index (χ0n) is 13.1. The Labute approximate surface area is 122 Å². The highest BCUT2D eigenvalue weighted by molar-refractivity contribution is 5.40. The minimum Gasteiger partial charge on any atom is -0.497 e. The highest BCUT2D eigenvalue weighted by Gasteiger charge is 2.26. The van der Waals surface area contributed by atoms with Crippen LogP contribution in [0.3, 0.4) is 0 Å². The van der Waals surface area contributed by atoms with Crippen LogP contribution in [0.15, 0.2) is 18.2 Å². The van der Waals surface area contributed by atoms with Gasteiger partial charge in [-0.3, -0.25) is 0 Å². The van der Waals surface area contributed by atoms with Gasteiger partial charge in [0, 0.05) is 18.7 Å². The summed E-state index contributed by atoms with van der Waals surface area (Å²) in [6, 6.07) is 7.26. The minimum absolute atomic E-state index is 0.400. The lowest BCUT2D eigenvalue weighted by molar-refractivity contribution is 0.103. The molecule has 2 atom stereocenters. The van der Waals surface area contributed by atoms with Crippen LogP contribution >= 0.6 is 0 Å². The molecular weight excluding hydrogens is 250 g/mol. The first-order chi connectivity index (χ1) is 9.65. The first-order valence-corrected chi connectivity index (χ1v) is 7.66. The number of fused-ring (bicyclic) bond motifs is 1. The molecule has 2 rings (SSSR count). The molecule has 0 heterocycles. The molecule has 0 fully saturated rings. The largest absolute Gasteiger partial charge is 0.497 e. The van der Waals surface area contributed by atoms with Crippen LogP contribution in [-0.2, 0) is 11.2 Å². The van der Waals surface area contributed by atoms with E-state index in [1.54, 1.807) is 7.11 Å². The highest BCUT2D eigenvalue weighted by Crippen LogP contribution is 2.34. The van der Waals surface area contributed by atoms with Crippen LogP contribution in [0.1, 0.15) is 44.4 Å². The Morgan fingerprint density at radius 3 is 2.80 bits per heavy atom. The standard InChI is InChI=1S/C17H27NO2/c1-5-20-11-17(12(2)3)18-16-9-7-13-6-8-14(19-4)10-15(13)16/h6,8,10,12,16-18H,5,7,9,11H2,1-4H3. The van der Waals surface area contributed by atoms with Crippen molar-refractivity contribution in [2.75, 3.05) is 20.3 Å². The summed E-state index contributed by atoms with van der Waals surface area (Å²) < 4.78 is 11.0. The molecule has 20 heavy (non-hydrogen) atoms. The molecule has 3 nitrogen and oxygen atoms in total. The van der Waals surface area contributed by atoms with E-state index in [1.165, 1.54) is 11.1 Å². The van der Waals surface area contributed by atoms with E-state index in [9.17, 15) is 0 Å². The first kappa shape index (κ1) is 15.3. The van der Waals surface area contributed by atoms with Crippen LogP contribution in [0, 0.1) is 5.92 Å². The summed E-state index contributed by atoms with van der Waals surface area (Å²) in [6.07, 6.45) is 2.31. The molecular formula is C17H27NO2. The number of hydrogen-bond acceptors (Lipinski definition) is 3. The molecule has 1 aromatic carbocycles. The summed E-state index contributed by atoms with van der Waals surface area (Å²) in [5, 5.41) is 3.78. The van der Waals surface area contributed by atoms with Crippen molar-refractivity contribution in [3.8, 4) is 5.75 Å². The van der Waals surface area contributed by atoms with Gasteiger partial charge in [-0.2, -0.15) is 0 Å². The maximum absolute atomic E-state index is 5.61.